The molecule has 0 fully saturated rings. The van der Waals surface area contributed by atoms with Gasteiger partial charge in [0.1, 0.15) is 18.7 Å². The second-order valence-electron chi connectivity index (χ2n) is 2.85. The van der Waals surface area contributed by atoms with Gasteiger partial charge in [0.05, 0.1) is 6.42 Å². The molecule has 0 aromatic heterocycles. The Kier molecular flexibility index (Phi) is 5.27. The van der Waals surface area contributed by atoms with Crippen molar-refractivity contribution in [1.82, 2.24) is 0 Å². The highest BCUT2D eigenvalue weighted by Gasteiger charge is 2.20. The third kappa shape index (κ3) is 5.60. The van der Waals surface area contributed by atoms with Crippen LogP contribution in [0.25, 0.3) is 0 Å². The van der Waals surface area contributed by atoms with E-state index in [4.69, 9.17) is 22.3 Å². The first-order chi connectivity index (χ1) is 6.84. The van der Waals surface area contributed by atoms with Gasteiger partial charge in [-0.2, -0.15) is 0 Å². The predicted octanol–water partition coefficient (Wildman–Crippen LogP) is -2.86. The largest absolute Gasteiger partial charge is 0.480 e. The van der Waals surface area contributed by atoms with Crippen molar-refractivity contribution < 1.29 is 24.2 Å². The van der Waals surface area contributed by atoms with Crippen LogP contribution in [0.15, 0.2) is 0 Å². The number of ether oxygens (including phenoxy) is 1. The van der Waals surface area contributed by atoms with Crippen molar-refractivity contribution in [2.75, 3.05) is 6.61 Å². The van der Waals surface area contributed by atoms with Crippen LogP contribution in [0.4, 0.5) is 0 Å². The van der Waals surface area contributed by atoms with Crippen LogP contribution in [0.2, 0.25) is 0 Å². The van der Waals surface area contributed by atoms with E-state index in [1.54, 1.807) is 0 Å². The number of primary amides is 1. The summed E-state index contributed by atoms with van der Waals surface area (Å²) in [7, 11) is 0. The van der Waals surface area contributed by atoms with Gasteiger partial charge in [0.2, 0.25) is 5.91 Å². The summed E-state index contributed by atoms with van der Waals surface area (Å²) in [6.07, 6.45) is -0.360. The summed E-state index contributed by atoms with van der Waals surface area (Å²) in [5, 5.41) is 8.36. The average Bonchev–Trinajstić information content (AvgIpc) is 2.12. The Bertz CT molecular complexity index is 267. The zero-order valence-corrected chi connectivity index (χ0v) is 7.88. The van der Waals surface area contributed by atoms with E-state index < -0.39 is 36.5 Å². The zero-order chi connectivity index (χ0) is 12.0. The van der Waals surface area contributed by atoms with Gasteiger partial charge in [0, 0.05) is 0 Å². The van der Waals surface area contributed by atoms with E-state index in [1.807, 2.05) is 0 Å². The van der Waals surface area contributed by atoms with Gasteiger partial charge < -0.3 is 27.0 Å². The summed E-state index contributed by atoms with van der Waals surface area (Å²) in [5.74, 6) is -2.96. The number of carbonyl (C=O) groups excluding carboxylic acids is 2. The number of hydrogen-bond donors (Lipinski definition) is 4. The van der Waals surface area contributed by atoms with E-state index in [9.17, 15) is 14.4 Å². The first-order valence-corrected chi connectivity index (χ1v) is 4.03. The normalized spacial score (nSPS) is 14.0. The molecule has 0 spiro atoms. The zero-order valence-electron chi connectivity index (χ0n) is 7.88. The number of amides is 1. The van der Waals surface area contributed by atoms with Gasteiger partial charge in [0.25, 0.3) is 0 Å². The minimum atomic E-state index is -1.31. The molecule has 8 nitrogen and oxygen atoms in total. The van der Waals surface area contributed by atoms with Crippen LogP contribution in [0.1, 0.15) is 6.42 Å². The topological polar surface area (TPSA) is 159 Å². The van der Waals surface area contributed by atoms with E-state index in [1.165, 1.54) is 0 Å². The Morgan fingerprint density at radius 2 is 1.73 bits per heavy atom. The van der Waals surface area contributed by atoms with Crippen LogP contribution in [0, 0.1) is 0 Å². The van der Waals surface area contributed by atoms with Crippen LogP contribution < -0.4 is 17.2 Å². The molecule has 0 aliphatic rings. The minimum Gasteiger partial charge on any atom is -0.480 e. The monoisotopic (exact) mass is 219 g/mol. The molecule has 0 aromatic rings. The van der Waals surface area contributed by atoms with E-state index in [0.29, 0.717) is 0 Å². The highest BCUT2D eigenvalue weighted by Crippen LogP contribution is 1.92. The Labute approximate surface area is 85.3 Å². The van der Waals surface area contributed by atoms with Gasteiger partial charge in [-0.05, 0) is 0 Å². The van der Waals surface area contributed by atoms with Gasteiger partial charge in [-0.1, -0.05) is 0 Å². The first kappa shape index (κ1) is 13.3. The third-order valence-electron chi connectivity index (χ3n) is 1.45. The van der Waals surface area contributed by atoms with Crippen molar-refractivity contribution in [3.05, 3.63) is 0 Å². The number of hydrogen-bond acceptors (Lipinski definition) is 6. The van der Waals surface area contributed by atoms with Gasteiger partial charge in [0.15, 0.2) is 0 Å². The second kappa shape index (κ2) is 5.94. The number of esters is 1. The maximum absolute atomic E-state index is 11.0. The molecule has 0 rings (SSSR count). The molecule has 0 aliphatic heterocycles. The van der Waals surface area contributed by atoms with Crippen LogP contribution in [-0.2, 0) is 19.1 Å². The number of rotatable bonds is 6. The number of nitrogens with two attached hydrogens (primary N) is 3. The minimum absolute atomic E-state index is 0.360. The number of carbonyl (C=O) groups is 3. The van der Waals surface area contributed by atoms with E-state index in [0.717, 1.165) is 0 Å². The molecule has 0 aliphatic carbocycles. The van der Waals surface area contributed by atoms with E-state index in [2.05, 4.69) is 4.74 Å². The Balaban J connectivity index is 3.93. The lowest BCUT2D eigenvalue weighted by atomic mass is 10.2. The van der Waals surface area contributed by atoms with Gasteiger partial charge >= 0.3 is 11.9 Å². The molecular formula is C7H13N3O5. The lowest BCUT2D eigenvalue weighted by Gasteiger charge is -2.11. The fourth-order valence-corrected chi connectivity index (χ4v) is 0.650. The fourth-order valence-electron chi connectivity index (χ4n) is 0.650. The Hall–Kier alpha value is -1.67. The van der Waals surface area contributed by atoms with Crippen molar-refractivity contribution >= 4 is 17.8 Å². The molecule has 7 N–H and O–H groups in total. The molecule has 0 aromatic carbocycles. The van der Waals surface area contributed by atoms with Crippen LogP contribution >= 0.6 is 0 Å². The molecule has 2 atom stereocenters. The highest BCUT2D eigenvalue weighted by atomic mass is 16.5. The molecule has 0 unspecified atom stereocenters. The molecular weight excluding hydrogens is 206 g/mol. The van der Waals surface area contributed by atoms with Crippen LogP contribution in [0.5, 0.6) is 0 Å². The summed E-state index contributed by atoms with van der Waals surface area (Å²) in [6, 6.07) is -2.50. The molecule has 0 saturated heterocycles. The molecule has 8 heteroatoms. The lowest BCUT2D eigenvalue weighted by Crippen LogP contribution is -2.41. The van der Waals surface area contributed by atoms with Crippen molar-refractivity contribution in [1.29, 1.82) is 0 Å². The smallest absolute Gasteiger partial charge is 0.324 e. The Morgan fingerprint density at radius 1 is 1.20 bits per heavy atom. The van der Waals surface area contributed by atoms with Gasteiger partial charge in [-0.25, -0.2) is 0 Å². The number of aliphatic carboxylic acids is 1. The highest BCUT2D eigenvalue weighted by molar-refractivity contribution is 5.84. The average molecular weight is 219 g/mol. The van der Waals surface area contributed by atoms with Crippen molar-refractivity contribution in [2.24, 2.45) is 17.2 Å². The summed E-state index contributed by atoms with van der Waals surface area (Å²) < 4.78 is 4.45. The van der Waals surface area contributed by atoms with Crippen molar-refractivity contribution in [3.8, 4) is 0 Å². The number of carboxylic acids is 1. The van der Waals surface area contributed by atoms with Crippen molar-refractivity contribution in [3.63, 3.8) is 0 Å². The maximum atomic E-state index is 11.0. The Morgan fingerprint density at radius 3 is 2.13 bits per heavy atom. The summed E-state index contributed by atoms with van der Waals surface area (Å²) in [6.45, 7) is -0.499. The molecule has 0 radical (unpaired) electrons. The predicted molar refractivity (Wildman–Crippen MR) is 48.4 cm³/mol. The molecule has 15 heavy (non-hydrogen) atoms. The SMILES string of the molecule is NC(=O)C[C@H](N)C(=O)OC[C@H](N)C(=O)O. The standard InChI is InChI=1S/C7H13N3O5/c8-3(1-5(10)11)7(14)15-2-4(9)6(12)13/h3-4H,1-2,8-9H2,(H2,10,11)(H,12,13)/t3-,4-/m0/s1. The molecule has 0 saturated carbocycles. The molecule has 0 bridgehead atoms. The molecule has 1 amide bonds. The van der Waals surface area contributed by atoms with Crippen molar-refractivity contribution in [2.45, 2.75) is 18.5 Å². The third-order valence-corrected chi connectivity index (χ3v) is 1.45. The molecule has 0 heterocycles. The maximum Gasteiger partial charge on any atom is 0.324 e. The first-order valence-electron chi connectivity index (χ1n) is 4.03. The summed E-state index contributed by atoms with van der Waals surface area (Å²) in [4.78, 5) is 31.6. The van der Waals surface area contributed by atoms with Crippen LogP contribution in [0.3, 0.4) is 0 Å². The van der Waals surface area contributed by atoms with Gasteiger partial charge in [-0.15, -0.1) is 0 Å². The van der Waals surface area contributed by atoms with Gasteiger partial charge in [-0.3, -0.25) is 14.4 Å². The summed E-state index contributed by atoms with van der Waals surface area (Å²) >= 11 is 0. The fraction of sp³-hybridized carbons (Fsp3) is 0.571. The van der Waals surface area contributed by atoms with E-state index in [-0.39, 0.29) is 6.42 Å². The summed E-state index contributed by atoms with van der Waals surface area (Å²) in [5.41, 5.74) is 15.1. The van der Waals surface area contributed by atoms with E-state index >= 15 is 0 Å². The second-order valence-corrected chi connectivity index (χ2v) is 2.85. The number of carboxylic acid groups (broad SMARTS) is 1. The van der Waals surface area contributed by atoms with Crippen LogP contribution in [-0.4, -0.2) is 41.6 Å². The quantitative estimate of drug-likeness (QED) is 0.349. The lowest BCUT2D eigenvalue weighted by molar-refractivity contribution is -0.150. The molecule has 86 valence electrons.